The van der Waals surface area contributed by atoms with Crippen molar-refractivity contribution in [3.63, 3.8) is 0 Å². The Hall–Kier alpha value is -1.37. The zero-order valence-corrected chi connectivity index (χ0v) is 10.2. The highest BCUT2D eigenvalue weighted by molar-refractivity contribution is 5.14. The van der Waals surface area contributed by atoms with Gasteiger partial charge in [0.15, 0.2) is 0 Å². The molecule has 1 aliphatic heterocycles. The molecule has 0 atom stereocenters. The average Bonchev–Trinajstić information content (AvgIpc) is 2.41. The summed E-state index contributed by atoms with van der Waals surface area (Å²) in [6.45, 7) is 10.1. The maximum absolute atomic E-state index is 7.21. The van der Waals surface area contributed by atoms with E-state index in [1.165, 1.54) is 5.56 Å². The Kier molecular flexibility index (Phi) is 3.78. The average molecular weight is 230 g/mol. The van der Waals surface area contributed by atoms with E-state index in [0.717, 1.165) is 32.5 Å². The van der Waals surface area contributed by atoms with Gasteiger partial charge in [0.25, 0.3) is 0 Å². The molecule has 0 amide bonds. The molecular weight excluding hydrogens is 212 g/mol. The molecule has 0 saturated carbocycles. The van der Waals surface area contributed by atoms with Gasteiger partial charge in [-0.2, -0.15) is 0 Å². The van der Waals surface area contributed by atoms with Crippen LogP contribution in [-0.2, 0) is 11.3 Å². The summed E-state index contributed by atoms with van der Waals surface area (Å²) < 4.78 is 5.35. The number of hydrogen-bond donors (Lipinski definition) is 0. The lowest BCUT2D eigenvalue weighted by atomic mass is 10.0. The summed E-state index contributed by atoms with van der Waals surface area (Å²) >= 11 is 0. The maximum Gasteiger partial charge on any atom is 0.339 e. The third kappa shape index (κ3) is 2.85. The highest BCUT2D eigenvalue weighted by Gasteiger charge is 2.40. The highest BCUT2D eigenvalue weighted by atomic mass is 16.5. The smallest absolute Gasteiger partial charge is 0.311 e. The number of methoxy groups -OCH3 is 1. The molecule has 0 unspecified atom stereocenters. The minimum Gasteiger partial charge on any atom is -0.311 e. The number of rotatable bonds is 3. The summed E-state index contributed by atoms with van der Waals surface area (Å²) in [5.41, 5.74) is 0.771. The van der Waals surface area contributed by atoms with Crippen LogP contribution < -0.4 is 0 Å². The van der Waals surface area contributed by atoms with E-state index in [-0.39, 0.29) is 0 Å². The van der Waals surface area contributed by atoms with Gasteiger partial charge in [0.2, 0.25) is 0 Å². The Bertz CT molecular complexity index is 388. The zero-order valence-electron chi connectivity index (χ0n) is 10.2. The van der Waals surface area contributed by atoms with Crippen molar-refractivity contribution in [2.24, 2.45) is 0 Å². The lowest BCUT2D eigenvalue weighted by Gasteiger charge is -2.32. The van der Waals surface area contributed by atoms with Gasteiger partial charge < -0.3 is 4.74 Å². The van der Waals surface area contributed by atoms with Crippen LogP contribution in [0.3, 0.4) is 0 Å². The largest absolute Gasteiger partial charge is 0.339 e. The maximum atomic E-state index is 7.21. The van der Waals surface area contributed by atoms with Crippen LogP contribution in [0.5, 0.6) is 0 Å². The third-order valence-electron chi connectivity index (χ3n) is 3.47. The minimum atomic E-state index is -0.562. The molecule has 0 aliphatic carbocycles. The molecule has 0 spiro atoms. The van der Waals surface area contributed by atoms with Gasteiger partial charge >= 0.3 is 5.72 Å². The summed E-state index contributed by atoms with van der Waals surface area (Å²) in [6, 6.07) is 10.5. The third-order valence-corrected chi connectivity index (χ3v) is 3.47. The van der Waals surface area contributed by atoms with E-state index in [9.17, 15) is 0 Å². The second-order valence-corrected chi connectivity index (χ2v) is 4.52. The molecule has 1 fully saturated rings. The van der Waals surface area contributed by atoms with Crippen molar-refractivity contribution < 1.29 is 4.74 Å². The summed E-state index contributed by atoms with van der Waals surface area (Å²) in [5, 5.41) is 0. The molecule has 17 heavy (non-hydrogen) atoms. The summed E-state index contributed by atoms with van der Waals surface area (Å²) in [4.78, 5) is 6.03. The van der Waals surface area contributed by atoms with Gasteiger partial charge in [-0.3, -0.25) is 9.74 Å². The summed E-state index contributed by atoms with van der Waals surface area (Å²) in [7, 11) is 1.64. The summed E-state index contributed by atoms with van der Waals surface area (Å²) in [6.07, 6.45) is 1.61. The van der Waals surface area contributed by atoms with E-state index in [2.05, 4.69) is 34.0 Å². The van der Waals surface area contributed by atoms with Crippen LogP contribution in [0.1, 0.15) is 18.4 Å². The fraction of sp³-hybridized carbons (Fsp3) is 0.500. The molecule has 3 nitrogen and oxygen atoms in total. The molecule has 1 aromatic carbocycles. The van der Waals surface area contributed by atoms with E-state index in [0.29, 0.717) is 0 Å². The Balaban J connectivity index is 1.90. The second kappa shape index (κ2) is 5.31. The van der Waals surface area contributed by atoms with Crippen LogP contribution in [0.2, 0.25) is 0 Å². The molecule has 3 heteroatoms. The molecule has 2 rings (SSSR count). The van der Waals surface area contributed by atoms with Crippen molar-refractivity contribution in [2.75, 3.05) is 20.2 Å². The summed E-state index contributed by atoms with van der Waals surface area (Å²) in [5.74, 6) is 0. The Morgan fingerprint density at radius 3 is 2.47 bits per heavy atom. The number of piperidine rings is 1. The van der Waals surface area contributed by atoms with Crippen LogP contribution in [0, 0.1) is 6.57 Å². The molecule has 0 N–H and O–H groups in total. The van der Waals surface area contributed by atoms with Crippen molar-refractivity contribution in [2.45, 2.75) is 25.1 Å². The molecular formula is C14H18N2O. The van der Waals surface area contributed by atoms with Gasteiger partial charge in [-0.25, -0.2) is 6.57 Å². The van der Waals surface area contributed by atoms with Gasteiger partial charge in [-0.15, -0.1) is 0 Å². The van der Waals surface area contributed by atoms with Crippen molar-refractivity contribution in [1.82, 2.24) is 4.90 Å². The Labute approximate surface area is 103 Å². The second-order valence-electron chi connectivity index (χ2n) is 4.52. The number of ether oxygens (including phenoxy) is 1. The topological polar surface area (TPSA) is 16.8 Å². The predicted octanol–water partition coefficient (Wildman–Crippen LogP) is 2.54. The first-order valence-electron chi connectivity index (χ1n) is 5.98. The molecule has 1 heterocycles. The van der Waals surface area contributed by atoms with Crippen LogP contribution >= 0.6 is 0 Å². The van der Waals surface area contributed by atoms with Gasteiger partial charge in [0.1, 0.15) is 0 Å². The standard InChI is InChI=1S/C14H18N2O/c1-15-14(17-2)8-10-16(11-9-14)12-13-6-4-3-5-7-13/h3-7H,8-12H2,2H3. The first-order chi connectivity index (χ1) is 8.28. The SMILES string of the molecule is [C-]#[N+]C1(OC)CCN(Cc2ccccc2)CC1. The minimum absolute atomic E-state index is 0.562. The number of benzene rings is 1. The molecule has 0 aromatic heterocycles. The van der Waals surface area contributed by atoms with Crippen molar-refractivity contribution >= 4 is 0 Å². The predicted molar refractivity (Wildman–Crippen MR) is 67.3 cm³/mol. The quantitative estimate of drug-likeness (QED) is 0.742. The van der Waals surface area contributed by atoms with Gasteiger partial charge in [0, 0.05) is 26.7 Å². The van der Waals surface area contributed by atoms with Crippen LogP contribution in [0.25, 0.3) is 4.85 Å². The fourth-order valence-corrected chi connectivity index (χ4v) is 2.26. The molecule has 1 aliphatic rings. The lowest BCUT2D eigenvalue weighted by Crippen LogP contribution is -2.43. The number of hydrogen-bond acceptors (Lipinski definition) is 2. The van der Waals surface area contributed by atoms with Gasteiger partial charge in [-0.1, -0.05) is 30.3 Å². The van der Waals surface area contributed by atoms with Gasteiger partial charge in [0.05, 0.1) is 12.8 Å². The van der Waals surface area contributed by atoms with Crippen molar-refractivity contribution in [3.8, 4) is 0 Å². The Morgan fingerprint density at radius 2 is 1.94 bits per heavy atom. The van der Waals surface area contributed by atoms with Crippen LogP contribution in [0.15, 0.2) is 30.3 Å². The molecule has 1 aromatic rings. The first-order valence-corrected chi connectivity index (χ1v) is 5.98. The molecule has 0 radical (unpaired) electrons. The molecule has 0 bridgehead atoms. The molecule has 1 saturated heterocycles. The first kappa shape index (κ1) is 12.1. The lowest BCUT2D eigenvalue weighted by molar-refractivity contribution is -0.0235. The van der Waals surface area contributed by atoms with Gasteiger partial charge in [-0.05, 0) is 5.56 Å². The van der Waals surface area contributed by atoms with E-state index in [4.69, 9.17) is 11.3 Å². The normalized spacial score (nSPS) is 19.8. The van der Waals surface area contributed by atoms with Crippen molar-refractivity contribution in [3.05, 3.63) is 47.3 Å². The van der Waals surface area contributed by atoms with E-state index in [1.807, 2.05) is 6.07 Å². The van der Waals surface area contributed by atoms with E-state index in [1.54, 1.807) is 7.11 Å². The Morgan fingerprint density at radius 1 is 1.29 bits per heavy atom. The van der Waals surface area contributed by atoms with E-state index >= 15 is 0 Å². The van der Waals surface area contributed by atoms with Crippen LogP contribution in [0.4, 0.5) is 0 Å². The fourth-order valence-electron chi connectivity index (χ4n) is 2.26. The number of nitrogens with zero attached hydrogens (tertiary/aromatic N) is 2. The monoisotopic (exact) mass is 230 g/mol. The number of likely N-dealkylation sites (tertiary alicyclic amines) is 1. The van der Waals surface area contributed by atoms with E-state index < -0.39 is 5.72 Å². The molecule has 90 valence electrons. The van der Waals surface area contributed by atoms with Crippen LogP contribution in [-0.4, -0.2) is 30.8 Å². The van der Waals surface area contributed by atoms with Crippen molar-refractivity contribution in [1.29, 1.82) is 0 Å². The highest BCUT2D eigenvalue weighted by Crippen LogP contribution is 2.27. The zero-order chi connectivity index (χ0) is 12.1.